The molecule has 0 unspecified atom stereocenters. The maximum atomic E-state index is 12.6. The highest BCUT2D eigenvalue weighted by Crippen LogP contribution is 2.12. The van der Waals surface area contributed by atoms with Crippen molar-refractivity contribution in [3.63, 3.8) is 0 Å². The summed E-state index contributed by atoms with van der Waals surface area (Å²) in [6.45, 7) is 4.43. The predicted molar refractivity (Wildman–Crippen MR) is 85.7 cm³/mol. The van der Waals surface area contributed by atoms with Crippen molar-refractivity contribution in [1.82, 2.24) is 34.4 Å². The first-order valence-corrected chi connectivity index (χ1v) is 7.72. The van der Waals surface area contributed by atoms with Gasteiger partial charge in [-0.05, 0) is 19.1 Å². The maximum Gasteiger partial charge on any atom is 0.293 e. The Labute approximate surface area is 138 Å². The smallest absolute Gasteiger partial charge is 0.293 e. The van der Waals surface area contributed by atoms with Crippen LogP contribution in [0, 0.1) is 6.92 Å². The number of aromatic nitrogens is 6. The number of carbonyl (C=O) groups excluding carboxylic acids is 1. The van der Waals surface area contributed by atoms with Gasteiger partial charge in [0.15, 0.2) is 0 Å². The van der Waals surface area contributed by atoms with Gasteiger partial charge < -0.3 is 9.80 Å². The molecular weight excluding hydrogens is 308 g/mol. The van der Waals surface area contributed by atoms with Gasteiger partial charge in [-0.15, -0.1) is 5.10 Å². The van der Waals surface area contributed by atoms with Crippen LogP contribution in [0.3, 0.4) is 0 Å². The molecule has 9 heteroatoms. The van der Waals surface area contributed by atoms with E-state index in [0.29, 0.717) is 37.9 Å². The van der Waals surface area contributed by atoms with Crippen molar-refractivity contribution in [2.24, 2.45) is 0 Å². The van der Waals surface area contributed by atoms with Crippen molar-refractivity contribution >= 4 is 17.6 Å². The molecule has 0 aromatic carbocycles. The van der Waals surface area contributed by atoms with Crippen LogP contribution in [0.25, 0.3) is 5.78 Å². The Morgan fingerprint density at radius 3 is 2.50 bits per heavy atom. The fourth-order valence-electron chi connectivity index (χ4n) is 2.70. The number of aryl methyl sites for hydroxylation is 1. The number of fused-ring (bicyclic) bond motifs is 1. The molecular formula is C15H16N8O. The van der Waals surface area contributed by atoms with E-state index in [4.69, 9.17) is 0 Å². The van der Waals surface area contributed by atoms with E-state index in [1.165, 1.54) is 0 Å². The van der Waals surface area contributed by atoms with Crippen molar-refractivity contribution in [3.8, 4) is 0 Å². The Morgan fingerprint density at radius 2 is 1.79 bits per heavy atom. The first-order valence-electron chi connectivity index (χ1n) is 7.72. The summed E-state index contributed by atoms with van der Waals surface area (Å²) in [5.41, 5.74) is 0.887. The molecule has 1 amide bonds. The molecule has 1 fully saturated rings. The molecule has 0 N–H and O–H groups in total. The molecule has 1 aliphatic heterocycles. The standard InChI is InChI=1S/C15H16N8O/c1-11-3-6-18-15-19-12(20-23(11)15)13(24)21-7-9-22(10-8-21)14-16-4-2-5-17-14/h2-6H,7-10H2,1H3. The third kappa shape index (κ3) is 2.53. The molecule has 4 rings (SSSR count). The first-order chi connectivity index (χ1) is 11.7. The van der Waals surface area contributed by atoms with E-state index < -0.39 is 0 Å². The Hall–Kier alpha value is -3.10. The number of carbonyl (C=O) groups is 1. The zero-order valence-corrected chi connectivity index (χ0v) is 13.2. The van der Waals surface area contributed by atoms with Crippen molar-refractivity contribution < 1.29 is 4.79 Å². The highest BCUT2D eigenvalue weighted by Gasteiger charge is 2.26. The van der Waals surface area contributed by atoms with Gasteiger partial charge in [0, 0.05) is 50.5 Å². The topological polar surface area (TPSA) is 92.4 Å². The fourth-order valence-corrected chi connectivity index (χ4v) is 2.70. The van der Waals surface area contributed by atoms with Gasteiger partial charge in [-0.3, -0.25) is 4.79 Å². The normalized spacial score (nSPS) is 15.0. The van der Waals surface area contributed by atoms with Crippen molar-refractivity contribution in [3.05, 3.63) is 42.2 Å². The lowest BCUT2D eigenvalue weighted by Gasteiger charge is -2.34. The molecule has 0 spiro atoms. The second kappa shape index (κ2) is 5.84. The lowest BCUT2D eigenvalue weighted by atomic mass is 10.3. The van der Waals surface area contributed by atoms with E-state index in [-0.39, 0.29) is 11.7 Å². The Morgan fingerprint density at radius 1 is 1.04 bits per heavy atom. The quantitative estimate of drug-likeness (QED) is 0.664. The average molecular weight is 324 g/mol. The van der Waals surface area contributed by atoms with Gasteiger partial charge in [0.2, 0.25) is 11.8 Å². The number of hydrogen-bond donors (Lipinski definition) is 0. The number of amides is 1. The SMILES string of the molecule is Cc1ccnc2nc(C(=O)N3CCN(c4ncccn4)CC3)nn12. The van der Waals surface area contributed by atoms with Gasteiger partial charge in [-0.1, -0.05) is 0 Å². The predicted octanol–water partition coefficient (Wildman–Crippen LogP) is 0.185. The minimum absolute atomic E-state index is 0.173. The summed E-state index contributed by atoms with van der Waals surface area (Å²) in [5, 5.41) is 4.28. The van der Waals surface area contributed by atoms with Crippen LogP contribution in [0.2, 0.25) is 0 Å². The number of rotatable bonds is 2. The molecule has 1 aliphatic rings. The third-order valence-corrected chi connectivity index (χ3v) is 4.02. The largest absolute Gasteiger partial charge is 0.337 e. The van der Waals surface area contributed by atoms with Crippen LogP contribution in [-0.4, -0.2) is 66.5 Å². The molecule has 3 aromatic heterocycles. The number of anilines is 1. The van der Waals surface area contributed by atoms with Gasteiger partial charge in [0.1, 0.15) is 0 Å². The average Bonchev–Trinajstić information content (AvgIpc) is 3.08. The molecule has 1 saturated heterocycles. The van der Waals surface area contributed by atoms with E-state index in [1.54, 1.807) is 34.1 Å². The van der Waals surface area contributed by atoms with E-state index in [2.05, 4.69) is 29.9 Å². The highest BCUT2D eigenvalue weighted by molar-refractivity contribution is 5.91. The maximum absolute atomic E-state index is 12.6. The lowest BCUT2D eigenvalue weighted by Crippen LogP contribution is -2.49. The van der Waals surface area contributed by atoms with Crippen LogP contribution in [0.5, 0.6) is 0 Å². The van der Waals surface area contributed by atoms with Gasteiger partial charge in [-0.2, -0.15) is 4.98 Å². The second-order valence-electron chi connectivity index (χ2n) is 5.56. The Balaban J connectivity index is 1.48. The minimum Gasteiger partial charge on any atom is -0.337 e. The molecule has 3 aromatic rings. The van der Waals surface area contributed by atoms with E-state index in [1.807, 2.05) is 13.0 Å². The fraction of sp³-hybridized carbons (Fsp3) is 0.333. The molecule has 4 heterocycles. The van der Waals surface area contributed by atoms with Crippen molar-refractivity contribution in [2.45, 2.75) is 6.92 Å². The van der Waals surface area contributed by atoms with Crippen LogP contribution in [0.15, 0.2) is 30.7 Å². The number of hydrogen-bond acceptors (Lipinski definition) is 7. The number of piperazine rings is 1. The second-order valence-corrected chi connectivity index (χ2v) is 5.56. The molecule has 0 saturated carbocycles. The first kappa shape index (κ1) is 14.5. The Bertz CT molecular complexity index is 870. The van der Waals surface area contributed by atoms with E-state index >= 15 is 0 Å². The molecule has 0 radical (unpaired) electrons. The zero-order chi connectivity index (χ0) is 16.5. The van der Waals surface area contributed by atoms with E-state index in [9.17, 15) is 4.79 Å². The van der Waals surface area contributed by atoms with Crippen molar-refractivity contribution in [1.29, 1.82) is 0 Å². The zero-order valence-electron chi connectivity index (χ0n) is 13.2. The lowest BCUT2D eigenvalue weighted by molar-refractivity contribution is 0.0734. The van der Waals surface area contributed by atoms with Crippen molar-refractivity contribution in [2.75, 3.05) is 31.1 Å². The van der Waals surface area contributed by atoms with Gasteiger partial charge in [0.25, 0.3) is 11.7 Å². The summed E-state index contributed by atoms with van der Waals surface area (Å²) in [6, 6.07) is 3.61. The van der Waals surface area contributed by atoms with E-state index in [0.717, 1.165) is 5.69 Å². The summed E-state index contributed by atoms with van der Waals surface area (Å²) < 4.78 is 1.58. The molecule has 24 heavy (non-hydrogen) atoms. The van der Waals surface area contributed by atoms with Crippen LogP contribution in [0.1, 0.15) is 16.3 Å². The molecule has 9 nitrogen and oxygen atoms in total. The highest BCUT2D eigenvalue weighted by atomic mass is 16.2. The van der Waals surface area contributed by atoms with Gasteiger partial charge in [-0.25, -0.2) is 19.5 Å². The molecule has 0 bridgehead atoms. The van der Waals surface area contributed by atoms with Gasteiger partial charge in [0.05, 0.1) is 0 Å². The van der Waals surface area contributed by atoms with Crippen LogP contribution < -0.4 is 4.90 Å². The minimum atomic E-state index is -0.173. The van der Waals surface area contributed by atoms with Crippen LogP contribution >= 0.6 is 0 Å². The summed E-state index contributed by atoms with van der Waals surface area (Å²) in [6.07, 6.45) is 5.10. The Kier molecular flexibility index (Phi) is 3.52. The molecule has 122 valence electrons. The summed E-state index contributed by atoms with van der Waals surface area (Å²) >= 11 is 0. The van der Waals surface area contributed by atoms with Gasteiger partial charge >= 0.3 is 0 Å². The molecule has 0 atom stereocenters. The molecule has 0 aliphatic carbocycles. The number of nitrogens with zero attached hydrogens (tertiary/aromatic N) is 8. The third-order valence-electron chi connectivity index (χ3n) is 4.02. The van der Waals surface area contributed by atoms with Crippen LogP contribution in [0.4, 0.5) is 5.95 Å². The monoisotopic (exact) mass is 324 g/mol. The summed E-state index contributed by atoms with van der Waals surface area (Å²) in [4.78, 5) is 33.3. The van der Waals surface area contributed by atoms with Crippen LogP contribution in [-0.2, 0) is 0 Å². The summed E-state index contributed by atoms with van der Waals surface area (Å²) in [7, 11) is 0. The summed E-state index contributed by atoms with van der Waals surface area (Å²) in [5.74, 6) is 1.14.